The third-order valence-corrected chi connectivity index (χ3v) is 1.03. The van der Waals surface area contributed by atoms with E-state index in [4.69, 9.17) is 0 Å². The quantitative estimate of drug-likeness (QED) is 0.490. The Morgan fingerprint density at radius 3 is 2.25 bits per heavy atom. The fraction of sp³-hybridized carbons (Fsp3) is 0.600. The van der Waals surface area contributed by atoms with Gasteiger partial charge in [-0.2, -0.15) is 10.2 Å². The molecule has 46 valence electrons. The molecule has 0 atom stereocenters. The normalized spacial score (nSPS) is 14.8. The van der Waals surface area contributed by atoms with E-state index in [1.165, 1.54) is 0 Å². The molecule has 3 heteroatoms. The average Bonchev–Trinajstić information content (AvgIpc) is 1.96. The number of hydrogen-bond acceptors (Lipinski definition) is 3. The van der Waals surface area contributed by atoms with E-state index < -0.39 is 0 Å². The summed E-state index contributed by atoms with van der Waals surface area (Å²) in [7, 11) is 0. The van der Waals surface area contributed by atoms with E-state index in [-0.39, 0.29) is 0 Å². The molecule has 0 aromatic rings. The van der Waals surface area contributed by atoms with Crippen LogP contribution in [0.3, 0.4) is 0 Å². The Kier molecular flexibility index (Phi) is 6.43. The van der Waals surface area contributed by atoms with Crippen LogP contribution in [0.2, 0.25) is 0 Å². The molecule has 0 aromatic carbocycles. The predicted molar refractivity (Wildman–Crippen MR) is 40.8 cm³/mol. The summed E-state index contributed by atoms with van der Waals surface area (Å²) in [5, 5.41) is 7.19. The average molecular weight is 130 g/mol. The summed E-state index contributed by atoms with van der Waals surface area (Å²) in [5.74, 6) is 0.976. The fourth-order valence-corrected chi connectivity index (χ4v) is 0.587. The van der Waals surface area contributed by atoms with Crippen molar-refractivity contribution in [3.05, 3.63) is 0 Å². The molecular formula is C5H10N2S. The smallest absolute Gasteiger partial charge is 0.0828 e. The molecule has 0 aliphatic carbocycles. The lowest BCUT2D eigenvalue weighted by Crippen LogP contribution is -1.82. The van der Waals surface area contributed by atoms with Gasteiger partial charge >= 0.3 is 0 Å². The minimum absolute atomic E-state index is 0.976. The lowest BCUT2D eigenvalue weighted by Gasteiger charge is -1.86. The van der Waals surface area contributed by atoms with Crippen molar-refractivity contribution in [1.82, 2.24) is 0 Å². The van der Waals surface area contributed by atoms with E-state index in [9.17, 15) is 0 Å². The molecule has 1 heterocycles. The zero-order chi connectivity index (χ0) is 6.24. The van der Waals surface area contributed by atoms with Crippen molar-refractivity contribution in [2.45, 2.75) is 13.8 Å². The van der Waals surface area contributed by atoms with Crippen LogP contribution in [0, 0.1) is 0 Å². The van der Waals surface area contributed by atoms with Crippen LogP contribution in [0.5, 0.6) is 0 Å². The van der Waals surface area contributed by atoms with Gasteiger partial charge in [0.1, 0.15) is 0 Å². The van der Waals surface area contributed by atoms with E-state index in [2.05, 4.69) is 10.2 Å². The SMILES string of the molecule is C1=NN=CSC1.CC. The highest BCUT2D eigenvalue weighted by Crippen LogP contribution is 1.95. The van der Waals surface area contributed by atoms with E-state index in [0.29, 0.717) is 0 Å². The third kappa shape index (κ3) is 3.87. The maximum atomic E-state index is 3.60. The highest BCUT2D eigenvalue weighted by molar-refractivity contribution is 8.12. The van der Waals surface area contributed by atoms with Gasteiger partial charge in [0.25, 0.3) is 0 Å². The minimum atomic E-state index is 0.976. The Balaban J connectivity index is 0.000000222. The number of rotatable bonds is 0. The lowest BCUT2D eigenvalue weighted by atomic mass is 10.9. The molecule has 0 N–H and O–H groups in total. The van der Waals surface area contributed by atoms with Crippen LogP contribution in [0.1, 0.15) is 13.8 Å². The maximum Gasteiger partial charge on any atom is 0.0828 e. The molecule has 2 nitrogen and oxygen atoms in total. The molecule has 0 saturated carbocycles. The molecule has 0 fully saturated rings. The van der Waals surface area contributed by atoms with Gasteiger partial charge in [0.05, 0.1) is 5.55 Å². The second-order valence-corrected chi connectivity index (χ2v) is 1.73. The molecule has 0 saturated heterocycles. The van der Waals surface area contributed by atoms with Gasteiger partial charge in [-0.05, 0) is 0 Å². The lowest BCUT2D eigenvalue weighted by molar-refractivity contribution is 1.27. The van der Waals surface area contributed by atoms with Crippen molar-refractivity contribution >= 4 is 23.5 Å². The van der Waals surface area contributed by atoms with Crippen LogP contribution in [0.15, 0.2) is 10.2 Å². The first-order chi connectivity index (χ1) is 4.00. The van der Waals surface area contributed by atoms with Gasteiger partial charge in [-0.25, -0.2) is 0 Å². The Morgan fingerprint density at radius 1 is 1.38 bits per heavy atom. The van der Waals surface area contributed by atoms with Crippen LogP contribution in [-0.4, -0.2) is 17.5 Å². The fourth-order valence-electron chi connectivity index (χ4n) is 0.227. The molecule has 1 aliphatic heterocycles. The van der Waals surface area contributed by atoms with E-state index >= 15 is 0 Å². The van der Waals surface area contributed by atoms with Gasteiger partial charge in [0, 0.05) is 12.0 Å². The van der Waals surface area contributed by atoms with Gasteiger partial charge in [-0.1, -0.05) is 13.8 Å². The second-order valence-electron chi connectivity index (χ2n) is 0.852. The summed E-state index contributed by atoms with van der Waals surface area (Å²) in [6.07, 6.45) is 1.78. The number of nitrogens with zero attached hydrogens (tertiary/aromatic N) is 2. The molecule has 0 amide bonds. The van der Waals surface area contributed by atoms with Crippen LogP contribution < -0.4 is 0 Å². The van der Waals surface area contributed by atoms with Crippen molar-refractivity contribution in [2.24, 2.45) is 10.2 Å². The van der Waals surface area contributed by atoms with Gasteiger partial charge < -0.3 is 0 Å². The minimum Gasteiger partial charge on any atom is -0.162 e. The van der Waals surface area contributed by atoms with Crippen LogP contribution in [0.4, 0.5) is 0 Å². The summed E-state index contributed by atoms with van der Waals surface area (Å²) in [4.78, 5) is 0. The van der Waals surface area contributed by atoms with Crippen LogP contribution in [0.25, 0.3) is 0 Å². The number of thioether (sulfide) groups is 1. The molecule has 0 aromatic heterocycles. The predicted octanol–water partition coefficient (Wildman–Crippen LogP) is 1.77. The van der Waals surface area contributed by atoms with Gasteiger partial charge in [-0.15, -0.1) is 11.8 Å². The summed E-state index contributed by atoms with van der Waals surface area (Å²) in [5.41, 5.74) is 1.74. The summed E-state index contributed by atoms with van der Waals surface area (Å²) < 4.78 is 0. The van der Waals surface area contributed by atoms with E-state index in [0.717, 1.165) is 5.75 Å². The second kappa shape index (κ2) is 6.69. The van der Waals surface area contributed by atoms with Gasteiger partial charge in [0.2, 0.25) is 0 Å². The van der Waals surface area contributed by atoms with Gasteiger partial charge in [0.15, 0.2) is 0 Å². The van der Waals surface area contributed by atoms with Crippen LogP contribution in [-0.2, 0) is 0 Å². The Bertz CT molecular complexity index is 76.4. The maximum absolute atomic E-state index is 3.60. The summed E-state index contributed by atoms with van der Waals surface area (Å²) in [6, 6.07) is 0. The standard InChI is InChI=1S/C3H4N2S.C2H6/c1-2-6-3-5-4-1;1-2/h1,3H,2H2;1-2H3. The highest BCUT2D eigenvalue weighted by Gasteiger charge is 1.80. The van der Waals surface area contributed by atoms with Crippen molar-refractivity contribution in [1.29, 1.82) is 0 Å². The summed E-state index contributed by atoms with van der Waals surface area (Å²) in [6.45, 7) is 4.00. The van der Waals surface area contributed by atoms with E-state index in [1.807, 2.05) is 13.8 Å². The van der Waals surface area contributed by atoms with Gasteiger partial charge in [-0.3, -0.25) is 0 Å². The molecule has 0 bridgehead atoms. The van der Waals surface area contributed by atoms with Crippen LogP contribution >= 0.6 is 11.8 Å². The largest absolute Gasteiger partial charge is 0.162 e. The Morgan fingerprint density at radius 2 is 2.12 bits per heavy atom. The van der Waals surface area contributed by atoms with Crippen molar-refractivity contribution < 1.29 is 0 Å². The molecular weight excluding hydrogens is 120 g/mol. The topological polar surface area (TPSA) is 24.7 Å². The molecule has 0 radical (unpaired) electrons. The molecule has 1 aliphatic rings. The number of hydrogen-bond donors (Lipinski definition) is 0. The summed E-state index contributed by atoms with van der Waals surface area (Å²) >= 11 is 1.65. The first kappa shape index (κ1) is 7.69. The van der Waals surface area contributed by atoms with Crippen molar-refractivity contribution in [3.8, 4) is 0 Å². The molecule has 8 heavy (non-hydrogen) atoms. The zero-order valence-electron chi connectivity index (χ0n) is 5.16. The Labute approximate surface area is 54.1 Å². The molecule has 0 spiro atoms. The van der Waals surface area contributed by atoms with Crippen molar-refractivity contribution in [2.75, 3.05) is 5.75 Å². The monoisotopic (exact) mass is 130 g/mol. The van der Waals surface area contributed by atoms with E-state index in [1.54, 1.807) is 23.5 Å². The molecule has 1 rings (SSSR count). The molecule has 0 unspecified atom stereocenters. The first-order valence-corrected chi connectivity index (χ1v) is 3.70. The Hall–Kier alpha value is -0.310. The highest BCUT2D eigenvalue weighted by atomic mass is 32.2. The third-order valence-electron chi connectivity index (χ3n) is 0.441. The van der Waals surface area contributed by atoms with Crippen molar-refractivity contribution in [3.63, 3.8) is 0 Å². The first-order valence-electron chi connectivity index (χ1n) is 2.65. The zero-order valence-corrected chi connectivity index (χ0v) is 5.98.